The molecule has 39 heavy (non-hydrogen) atoms. The Bertz CT molecular complexity index is 1920. The Hall–Kier alpha value is -4.68. The van der Waals surface area contributed by atoms with Crippen LogP contribution in [0.15, 0.2) is 95.5 Å². The maximum Gasteiger partial charge on any atom is 0.216 e. The minimum atomic E-state index is 0.423. The van der Waals surface area contributed by atoms with Crippen LogP contribution in [0.1, 0.15) is 42.0 Å². The average Bonchev–Trinajstić information content (AvgIpc) is 3.32. The van der Waals surface area contributed by atoms with Gasteiger partial charge < -0.3 is 4.42 Å². The highest BCUT2D eigenvalue weighted by atomic mass is 16.3. The Morgan fingerprint density at radius 1 is 0.744 bits per heavy atom. The standard InChI is InChI=1S/C36H31N2O/c1-22(2)26-17-18-38(5)32(20-26)33-23(3)11-14-30-31-16-13-28(21-37)34(36(31)39-35(30)33)29-15-12-27(19-24(29)4)25-9-7-6-8-10-25/h6-20,22H,1-5H3/q+1. The summed E-state index contributed by atoms with van der Waals surface area (Å²) < 4.78 is 8.97. The number of aryl methyl sites for hydroxylation is 3. The molecule has 0 aliphatic rings. The van der Waals surface area contributed by atoms with Crippen molar-refractivity contribution in [3.63, 3.8) is 0 Å². The van der Waals surface area contributed by atoms with Gasteiger partial charge in [0.05, 0.1) is 17.2 Å². The van der Waals surface area contributed by atoms with Crippen LogP contribution >= 0.6 is 0 Å². The van der Waals surface area contributed by atoms with E-state index in [4.69, 9.17) is 4.42 Å². The quantitative estimate of drug-likeness (QED) is 0.223. The molecule has 190 valence electrons. The third kappa shape index (κ3) is 4.10. The molecule has 0 fully saturated rings. The molecule has 0 unspecified atom stereocenters. The summed E-state index contributed by atoms with van der Waals surface area (Å²) >= 11 is 0. The zero-order valence-corrected chi connectivity index (χ0v) is 23.0. The molecule has 0 atom stereocenters. The lowest BCUT2D eigenvalue weighted by Crippen LogP contribution is -2.31. The van der Waals surface area contributed by atoms with Crippen LogP contribution in [-0.4, -0.2) is 0 Å². The van der Waals surface area contributed by atoms with Crippen molar-refractivity contribution in [1.29, 1.82) is 5.26 Å². The Kier molecular flexibility index (Phi) is 6.04. The Morgan fingerprint density at radius 3 is 2.15 bits per heavy atom. The van der Waals surface area contributed by atoms with Crippen molar-refractivity contribution >= 4 is 21.9 Å². The summed E-state index contributed by atoms with van der Waals surface area (Å²) in [5.74, 6) is 0.423. The second-order valence-electron chi connectivity index (χ2n) is 10.7. The predicted molar refractivity (Wildman–Crippen MR) is 159 cm³/mol. The molecule has 0 spiro atoms. The number of hydrogen-bond acceptors (Lipinski definition) is 2. The lowest BCUT2D eigenvalue weighted by atomic mass is 9.91. The highest BCUT2D eigenvalue weighted by Crippen LogP contribution is 2.43. The molecule has 0 N–H and O–H groups in total. The van der Waals surface area contributed by atoms with Crippen LogP contribution in [-0.2, 0) is 7.05 Å². The number of rotatable bonds is 4. The van der Waals surface area contributed by atoms with E-state index in [1.165, 1.54) is 11.1 Å². The zero-order valence-electron chi connectivity index (χ0n) is 23.0. The van der Waals surface area contributed by atoms with E-state index in [1.807, 2.05) is 18.2 Å². The van der Waals surface area contributed by atoms with Crippen LogP contribution in [0, 0.1) is 25.2 Å². The van der Waals surface area contributed by atoms with E-state index >= 15 is 0 Å². The van der Waals surface area contributed by atoms with Gasteiger partial charge in [0.2, 0.25) is 5.69 Å². The first-order valence-electron chi connectivity index (χ1n) is 13.4. The summed E-state index contributed by atoms with van der Waals surface area (Å²) in [5.41, 5.74) is 12.2. The number of aromatic nitrogens is 1. The molecule has 0 bridgehead atoms. The van der Waals surface area contributed by atoms with Crippen LogP contribution in [0.25, 0.3) is 55.4 Å². The van der Waals surface area contributed by atoms with Crippen molar-refractivity contribution < 1.29 is 8.98 Å². The van der Waals surface area contributed by atoms with E-state index in [0.29, 0.717) is 11.5 Å². The topological polar surface area (TPSA) is 40.8 Å². The second kappa shape index (κ2) is 9.57. The normalized spacial score (nSPS) is 11.4. The van der Waals surface area contributed by atoms with Crippen LogP contribution in [0.5, 0.6) is 0 Å². The van der Waals surface area contributed by atoms with Crippen molar-refractivity contribution in [3.05, 3.63) is 113 Å². The molecule has 0 saturated heterocycles. The lowest BCUT2D eigenvalue weighted by Gasteiger charge is -2.11. The minimum Gasteiger partial charge on any atom is -0.454 e. The molecule has 0 amide bonds. The molecule has 0 saturated carbocycles. The SMILES string of the molecule is Cc1cc(-c2ccccc2)ccc1-c1c(C#N)ccc2c1oc1c(-c3cc(C(C)C)cc[n+]3C)c(C)ccc12. The van der Waals surface area contributed by atoms with Gasteiger partial charge in [-0.25, -0.2) is 4.57 Å². The monoisotopic (exact) mass is 507 g/mol. The Balaban J connectivity index is 1.63. The average molecular weight is 508 g/mol. The van der Waals surface area contributed by atoms with Gasteiger partial charge >= 0.3 is 0 Å². The number of pyridine rings is 1. The van der Waals surface area contributed by atoms with Crippen molar-refractivity contribution in [2.75, 3.05) is 0 Å². The fourth-order valence-corrected chi connectivity index (χ4v) is 5.63. The Morgan fingerprint density at radius 2 is 1.46 bits per heavy atom. The fourth-order valence-electron chi connectivity index (χ4n) is 5.63. The first-order chi connectivity index (χ1) is 18.9. The van der Waals surface area contributed by atoms with Crippen molar-refractivity contribution in [1.82, 2.24) is 0 Å². The number of nitriles is 1. The largest absolute Gasteiger partial charge is 0.454 e. The highest BCUT2D eigenvalue weighted by molar-refractivity contribution is 6.14. The molecule has 4 aromatic carbocycles. The van der Waals surface area contributed by atoms with Gasteiger partial charge in [0.15, 0.2) is 6.20 Å². The number of benzene rings is 4. The maximum atomic E-state index is 10.1. The maximum absolute atomic E-state index is 10.1. The zero-order chi connectivity index (χ0) is 27.3. The van der Waals surface area contributed by atoms with Gasteiger partial charge in [-0.15, -0.1) is 0 Å². The molecule has 0 aliphatic heterocycles. The summed E-state index contributed by atoms with van der Waals surface area (Å²) in [6, 6.07) is 32.0. The van der Waals surface area contributed by atoms with E-state index in [0.717, 1.165) is 61.0 Å². The van der Waals surface area contributed by atoms with E-state index in [-0.39, 0.29) is 0 Å². The van der Waals surface area contributed by atoms with Gasteiger partial charge in [-0.05, 0) is 65.3 Å². The molecule has 2 heterocycles. The molecule has 3 heteroatoms. The second-order valence-corrected chi connectivity index (χ2v) is 10.7. The first kappa shape index (κ1) is 24.6. The smallest absolute Gasteiger partial charge is 0.216 e. The van der Waals surface area contributed by atoms with E-state index in [1.54, 1.807) is 0 Å². The van der Waals surface area contributed by atoms with E-state index < -0.39 is 0 Å². The number of nitrogens with zero attached hydrogens (tertiary/aromatic N) is 2. The van der Waals surface area contributed by atoms with Gasteiger partial charge in [0.1, 0.15) is 18.2 Å². The highest BCUT2D eigenvalue weighted by Gasteiger charge is 2.24. The van der Waals surface area contributed by atoms with Crippen LogP contribution in [0.2, 0.25) is 0 Å². The van der Waals surface area contributed by atoms with Crippen molar-refractivity contribution in [2.24, 2.45) is 7.05 Å². The predicted octanol–water partition coefficient (Wildman–Crippen LogP) is 9.02. The number of hydrogen-bond donors (Lipinski definition) is 0. The number of fused-ring (bicyclic) bond motifs is 3. The van der Waals surface area contributed by atoms with Gasteiger partial charge in [0, 0.05) is 28.5 Å². The van der Waals surface area contributed by atoms with E-state index in [2.05, 4.69) is 118 Å². The summed E-state index contributed by atoms with van der Waals surface area (Å²) in [7, 11) is 2.08. The summed E-state index contributed by atoms with van der Waals surface area (Å²) in [6.45, 7) is 8.68. The lowest BCUT2D eigenvalue weighted by molar-refractivity contribution is -0.660. The molecule has 3 nitrogen and oxygen atoms in total. The third-order valence-corrected chi connectivity index (χ3v) is 7.84. The summed E-state index contributed by atoms with van der Waals surface area (Å²) in [5, 5.41) is 12.2. The van der Waals surface area contributed by atoms with Crippen molar-refractivity contribution in [3.8, 4) is 39.6 Å². The van der Waals surface area contributed by atoms with Gasteiger partial charge in [-0.3, -0.25) is 0 Å². The molecule has 0 aliphatic carbocycles. The van der Waals surface area contributed by atoms with Crippen molar-refractivity contribution in [2.45, 2.75) is 33.6 Å². The fraction of sp³-hybridized carbons (Fsp3) is 0.167. The molecular weight excluding hydrogens is 476 g/mol. The summed E-state index contributed by atoms with van der Waals surface area (Å²) in [4.78, 5) is 0. The van der Waals surface area contributed by atoms with Crippen LogP contribution < -0.4 is 4.57 Å². The van der Waals surface area contributed by atoms with Gasteiger partial charge in [0.25, 0.3) is 0 Å². The van der Waals surface area contributed by atoms with E-state index in [9.17, 15) is 5.26 Å². The molecular formula is C36H31N2O+. The first-order valence-corrected chi connectivity index (χ1v) is 13.4. The van der Waals surface area contributed by atoms with Crippen LogP contribution in [0.4, 0.5) is 0 Å². The summed E-state index contributed by atoms with van der Waals surface area (Å²) in [6.07, 6.45) is 2.13. The number of furan rings is 1. The molecule has 2 aromatic heterocycles. The third-order valence-electron chi connectivity index (χ3n) is 7.84. The molecule has 6 aromatic rings. The minimum absolute atomic E-state index is 0.423. The molecule has 6 rings (SSSR count). The Labute approximate surface area is 229 Å². The van der Waals surface area contributed by atoms with Gasteiger partial charge in [-0.1, -0.05) is 74.5 Å². The van der Waals surface area contributed by atoms with Gasteiger partial charge in [-0.2, -0.15) is 5.26 Å². The van der Waals surface area contributed by atoms with Crippen LogP contribution in [0.3, 0.4) is 0 Å². The molecule has 0 radical (unpaired) electrons.